The van der Waals surface area contributed by atoms with Gasteiger partial charge >= 0.3 is 0 Å². The Bertz CT molecular complexity index is 419. The van der Waals surface area contributed by atoms with Crippen molar-refractivity contribution in [3.05, 3.63) is 33.8 Å². The first-order chi connectivity index (χ1) is 9.70. The summed E-state index contributed by atoms with van der Waals surface area (Å²) in [4.78, 5) is 0. The van der Waals surface area contributed by atoms with Gasteiger partial charge in [-0.2, -0.15) is 0 Å². The molecule has 0 saturated carbocycles. The topological polar surface area (TPSA) is 21.3 Å². The molecule has 0 aromatic heterocycles. The Morgan fingerprint density at radius 2 is 2.25 bits per heavy atom. The van der Waals surface area contributed by atoms with Gasteiger partial charge in [0.2, 0.25) is 0 Å². The van der Waals surface area contributed by atoms with Crippen LogP contribution in [0.2, 0.25) is 10.0 Å². The highest BCUT2D eigenvalue weighted by molar-refractivity contribution is 6.35. The number of hydrogen-bond donors (Lipinski definition) is 1. The van der Waals surface area contributed by atoms with E-state index in [9.17, 15) is 0 Å². The number of rotatable bonds is 7. The van der Waals surface area contributed by atoms with Gasteiger partial charge < -0.3 is 10.1 Å². The average molecular weight is 316 g/mol. The summed E-state index contributed by atoms with van der Waals surface area (Å²) in [7, 11) is 0. The van der Waals surface area contributed by atoms with Crippen LogP contribution >= 0.6 is 23.2 Å². The molecule has 2 rings (SSSR count). The zero-order valence-corrected chi connectivity index (χ0v) is 13.5. The highest BCUT2D eigenvalue weighted by atomic mass is 35.5. The van der Waals surface area contributed by atoms with Crippen LogP contribution in [0, 0.1) is 0 Å². The minimum Gasteiger partial charge on any atom is -0.378 e. The van der Waals surface area contributed by atoms with E-state index < -0.39 is 0 Å². The normalized spacial score (nSPS) is 20.2. The number of nitrogens with one attached hydrogen (secondary N) is 1. The van der Waals surface area contributed by atoms with Crippen molar-refractivity contribution in [1.29, 1.82) is 0 Å². The Labute approximate surface area is 131 Å². The fourth-order valence-corrected chi connectivity index (χ4v) is 3.23. The molecule has 0 bridgehead atoms. The monoisotopic (exact) mass is 315 g/mol. The fraction of sp³-hybridized carbons (Fsp3) is 0.625. The van der Waals surface area contributed by atoms with Gasteiger partial charge in [-0.05, 0) is 56.3 Å². The van der Waals surface area contributed by atoms with Crippen molar-refractivity contribution >= 4 is 23.2 Å². The molecule has 1 aromatic carbocycles. The van der Waals surface area contributed by atoms with Crippen LogP contribution in [0.4, 0.5) is 0 Å². The zero-order valence-electron chi connectivity index (χ0n) is 12.0. The highest BCUT2D eigenvalue weighted by Gasteiger charge is 2.20. The Hall–Kier alpha value is -0.280. The second kappa shape index (κ2) is 8.23. The van der Waals surface area contributed by atoms with Gasteiger partial charge in [0.1, 0.15) is 0 Å². The molecule has 0 aliphatic carbocycles. The molecular formula is C16H23Cl2NO. The van der Waals surface area contributed by atoms with Crippen LogP contribution in [0.5, 0.6) is 0 Å². The van der Waals surface area contributed by atoms with Gasteiger partial charge in [-0.1, -0.05) is 36.2 Å². The van der Waals surface area contributed by atoms with Crippen LogP contribution in [0.25, 0.3) is 0 Å². The third kappa shape index (κ3) is 4.63. The molecule has 1 aromatic rings. The van der Waals surface area contributed by atoms with Crippen LogP contribution in [0.15, 0.2) is 18.2 Å². The van der Waals surface area contributed by atoms with Gasteiger partial charge in [-0.25, -0.2) is 0 Å². The Morgan fingerprint density at radius 1 is 1.40 bits per heavy atom. The molecule has 2 atom stereocenters. The first-order valence-electron chi connectivity index (χ1n) is 7.50. The largest absolute Gasteiger partial charge is 0.378 e. The quantitative estimate of drug-likeness (QED) is 0.765. The summed E-state index contributed by atoms with van der Waals surface area (Å²) in [6, 6.07) is 6.05. The molecule has 1 aliphatic heterocycles. The number of ether oxygens (including phenoxy) is 1. The third-order valence-corrected chi connectivity index (χ3v) is 4.34. The van der Waals surface area contributed by atoms with Gasteiger partial charge in [0.05, 0.1) is 6.10 Å². The molecule has 20 heavy (non-hydrogen) atoms. The van der Waals surface area contributed by atoms with E-state index in [4.69, 9.17) is 27.9 Å². The van der Waals surface area contributed by atoms with E-state index >= 15 is 0 Å². The summed E-state index contributed by atoms with van der Waals surface area (Å²) in [6.07, 6.45) is 6.05. The number of hydrogen-bond acceptors (Lipinski definition) is 2. The maximum atomic E-state index is 6.34. The molecule has 112 valence electrons. The predicted molar refractivity (Wildman–Crippen MR) is 85.7 cm³/mol. The first-order valence-corrected chi connectivity index (χ1v) is 8.26. The van der Waals surface area contributed by atoms with Crippen LogP contribution in [-0.2, 0) is 4.74 Å². The molecule has 1 N–H and O–H groups in total. The van der Waals surface area contributed by atoms with Crippen molar-refractivity contribution < 1.29 is 4.74 Å². The lowest BCUT2D eigenvalue weighted by atomic mass is 9.99. The maximum Gasteiger partial charge on any atom is 0.0576 e. The van der Waals surface area contributed by atoms with Gasteiger partial charge in [0.25, 0.3) is 0 Å². The summed E-state index contributed by atoms with van der Waals surface area (Å²) in [5, 5.41) is 5.02. The minimum absolute atomic E-state index is 0.281. The molecule has 1 heterocycles. The molecule has 0 radical (unpaired) electrons. The van der Waals surface area contributed by atoms with Gasteiger partial charge in [-0.15, -0.1) is 0 Å². The van der Waals surface area contributed by atoms with Crippen LogP contribution < -0.4 is 5.32 Å². The molecule has 2 nitrogen and oxygen atoms in total. The highest BCUT2D eigenvalue weighted by Crippen LogP contribution is 2.30. The van der Waals surface area contributed by atoms with E-state index in [1.807, 2.05) is 18.2 Å². The van der Waals surface area contributed by atoms with E-state index in [0.29, 0.717) is 11.1 Å². The summed E-state index contributed by atoms with van der Waals surface area (Å²) in [6.45, 7) is 4.09. The van der Waals surface area contributed by atoms with Crippen LogP contribution in [0.1, 0.15) is 50.6 Å². The van der Waals surface area contributed by atoms with Crippen LogP contribution in [-0.4, -0.2) is 19.3 Å². The van der Waals surface area contributed by atoms with E-state index in [2.05, 4.69) is 12.2 Å². The van der Waals surface area contributed by atoms with E-state index in [1.165, 1.54) is 12.8 Å². The summed E-state index contributed by atoms with van der Waals surface area (Å²) in [5.41, 5.74) is 1.14. The summed E-state index contributed by atoms with van der Waals surface area (Å²) < 4.78 is 5.71. The summed E-state index contributed by atoms with van der Waals surface area (Å²) in [5.74, 6) is 0. The van der Waals surface area contributed by atoms with E-state index in [0.717, 1.165) is 43.0 Å². The lowest BCUT2D eigenvalue weighted by Crippen LogP contribution is -2.23. The lowest BCUT2D eigenvalue weighted by Gasteiger charge is -2.22. The van der Waals surface area contributed by atoms with Crippen molar-refractivity contribution in [3.8, 4) is 0 Å². The Kier molecular flexibility index (Phi) is 6.63. The molecule has 2 unspecified atom stereocenters. The molecule has 0 spiro atoms. The van der Waals surface area contributed by atoms with Crippen molar-refractivity contribution in [2.45, 2.75) is 51.2 Å². The average Bonchev–Trinajstić information content (AvgIpc) is 2.93. The van der Waals surface area contributed by atoms with Crippen molar-refractivity contribution in [3.63, 3.8) is 0 Å². The molecule has 1 fully saturated rings. The maximum absolute atomic E-state index is 6.34. The van der Waals surface area contributed by atoms with Gasteiger partial charge in [0, 0.05) is 22.7 Å². The number of halogens is 2. The van der Waals surface area contributed by atoms with Gasteiger partial charge in [-0.3, -0.25) is 0 Å². The Morgan fingerprint density at radius 3 is 2.90 bits per heavy atom. The van der Waals surface area contributed by atoms with Crippen molar-refractivity contribution in [1.82, 2.24) is 5.32 Å². The standard InChI is InChI=1S/C16H23Cl2NO/c1-2-9-19-16(8-6-13-4-3-10-20-13)14-7-5-12(17)11-15(14)18/h5,7,11,13,16,19H,2-4,6,8-10H2,1H3. The first kappa shape index (κ1) is 16.1. The van der Waals surface area contributed by atoms with E-state index in [-0.39, 0.29) is 6.04 Å². The molecule has 1 saturated heterocycles. The predicted octanol–water partition coefficient (Wildman–Crippen LogP) is 4.99. The molecule has 1 aliphatic rings. The zero-order chi connectivity index (χ0) is 14.4. The smallest absolute Gasteiger partial charge is 0.0576 e. The molecule has 4 heteroatoms. The van der Waals surface area contributed by atoms with Crippen molar-refractivity contribution in [2.24, 2.45) is 0 Å². The molecule has 0 amide bonds. The van der Waals surface area contributed by atoms with Crippen molar-refractivity contribution in [2.75, 3.05) is 13.2 Å². The molecular weight excluding hydrogens is 293 g/mol. The lowest BCUT2D eigenvalue weighted by molar-refractivity contribution is 0.0996. The third-order valence-electron chi connectivity index (χ3n) is 3.78. The SMILES string of the molecule is CCCNC(CCC1CCCO1)c1ccc(Cl)cc1Cl. The fourth-order valence-electron chi connectivity index (χ4n) is 2.69. The number of benzene rings is 1. The van der Waals surface area contributed by atoms with E-state index in [1.54, 1.807) is 0 Å². The Balaban J connectivity index is 2.01. The summed E-state index contributed by atoms with van der Waals surface area (Å²) >= 11 is 12.3. The second-order valence-electron chi connectivity index (χ2n) is 5.38. The minimum atomic E-state index is 0.281. The van der Waals surface area contributed by atoms with Crippen LogP contribution in [0.3, 0.4) is 0 Å². The second-order valence-corrected chi connectivity index (χ2v) is 6.23. The van der Waals surface area contributed by atoms with Gasteiger partial charge in [0.15, 0.2) is 0 Å².